The van der Waals surface area contributed by atoms with E-state index in [4.69, 9.17) is 14.6 Å². The van der Waals surface area contributed by atoms with Gasteiger partial charge in [-0.1, -0.05) is 56.3 Å². The van der Waals surface area contributed by atoms with Crippen molar-refractivity contribution in [3.8, 4) is 39.9 Å². The second kappa shape index (κ2) is 11.4. The fourth-order valence-electron chi connectivity index (χ4n) is 6.08. The molecule has 218 valence electrons. The van der Waals surface area contributed by atoms with Crippen molar-refractivity contribution in [1.82, 2.24) is 19.3 Å². The normalized spacial score (nSPS) is 11.5. The topological polar surface area (TPSA) is 54.1 Å². The number of rotatable bonds is 8. The Morgan fingerprint density at radius 2 is 1.59 bits per heavy atom. The van der Waals surface area contributed by atoms with Gasteiger partial charge in [0.15, 0.2) is 0 Å². The average Bonchev–Trinajstić information content (AvgIpc) is 3.64. The van der Waals surface area contributed by atoms with Gasteiger partial charge in [-0.2, -0.15) is 5.10 Å². The molecule has 0 radical (unpaired) electrons. The number of pyridine rings is 1. The van der Waals surface area contributed by atoms with E-state index in [1.165, 1.54) is 16.7 Å². The minimum Gasteiger partial charge on any atom is -0.497 e. The molecule has 0 unspecified atom stereocenters. The highest BCUT2D eigenvalue weighted by atomic mass is 16.5. The molecule has 3 heterocycles. The summed E-state index contributed by atoms with van der Waals surface area (Å²) in [5.74, 6) is 3.59. The molecule has 0 saturated carbocycles. The highest BCUT2D eigenvalue weighted by Crippen LogP contribution is 2.36. The van der Waals surface area contributed by atoms with Crippen LogP contribution in [0.3, 0.4) is 0 Å². The van der Waals surface area contributed by atoms with Gasteiger partial charge < -0.3 is 9.47 Å². The van der Waals surface area contributed by atoms with E-state index in [2.05, 4.69) is 85.1 Å². The molecule has 0 N–H and O–H groups in total. The van der Waals surface area contributed by atoms with Crippen molar-refractivity contribution in [3.63, 3.8) is 0 Å². The molecule has 0 spiro atoms. The number of para-hydroxylation sites is 1. The third-order valence-corrected chi connectivity index (χ3v) is 8.00. The lowest BCUT2D eigenvalue weighted by molar-refractivity contribution is 0.414. The van der Waals surface area contributed by atoms with Crippen LogP contribution >= 0.6 is 0 Å². The Kier molecular flexibility index (Phi) is 7.10. The van der Waals surface area contributed by atoms with Gasteiger partial charge in [-0.25, -0.2) is 9.67 Å². The van der Waals surface area contributed by atoms with Gasteiger partial charge in [-0.3, -0.25) is 4.57 Å². The number of hydrogen-bond donors (Lipinski definition) is 0. The molecule has 6 nitrogen and oxygen atoms in total. The Labute approximate surface area is 257 Å². The van der Waals surface area contributed by atoms with Crippen LogP contribution in [0.5, 0.6) is 17.2 Å². The smallest absolute Gasteiger partial charge is 0.141 e. The van der Waals surface area contributed by atoms with E-state index in [0.717, 1.165) is 62.5 Å². The summed E-state index contributed by atoms with van der Waals surface area (Å²) in [4.78, 5) is 4.67. The zero-order valence-corrected chi connectivity index (χ0v) is 25.4. The van der Waals surface area contributed by atoms with E-state index in [1.54, 1.807) is 13.3 Å². The van der Waals surface area contributed by atoms with Gasteiger partial charge in [0.1, 0.15) is 23.1 Å². The van der Waals surface area contributed by atoms with E-state index >= 15 is 0 Å². The summed E-state index contributed by atoms with van der Waals surface area (Å²) >= 11 is 0. The first-order valence-corrected chi connectivity index (χ1v) is 14.9. The minimum absolute atomic E-state index is 0.576. The predicted molar refractivity (Wildman–Crippen MR) is 177 cm³/mol. The Morgan fingerprint density at radius 3 is 2.45 bits per heavy atom. The molecular formula is C38H34N4O2. The van der Waals surface area contributed by atoms with E-state index in [1.807, 2.05) is 59.4 Å². The van der Waals surface area contributed by atoms with Crippen LogP contribution in [0.15, 0.2) is 116 Å². The molecule has 0 saturated heterocycles. The molecular weight excluding hydrogens is 544 g/mol. The van der Waals surface area contributed by atoms with Crippen LogP contribution in [-0.4, -0.2) is 26.4 Å². The summed E-state index contributed by atoms with van der Waals surface area (Å²) in [6.07, 6.45) is 6.87. The summed E-state index contributed by atoms with van der Waals surface area (Å²) < 4.78 is 16.0. The molecule has 44 heavy (non-hydrogen) atoms. The number of nitrogens with zero attached hydrogens (tertiary/aromatic N) is 4. The number of aryl methyl sites for hydroxylation is 1. The zero-order chi connectivity index (χ0) is 30.2. The Morgan fingerprint density at radius 1 is 0.773 bits per heavy atom. The number of benzene rings is 4. The summed E-state index contributed by atoms with van der Waals surface area (Å²) in [7, 11) is 1.67. The van der Waals surface area contributed by atoms with Gasteiger partial charge >= 0.3 is 0 Å². The third-order valence-electron chi connectivity index (χ3n) is 8.00. The fourth-order valence-corrected chi connectivity index (χ4v) is 6.08. The van der Waals surface area contributed by atoms with Crippen molar-refractivity contribution in [2.75, 3.05) is 7.11 Å². The lowest BCUT2D eigenvalue weighted by Crippen LogP contribution is -1.98. The zero-order valence-electron chi connectivity index (χ0n) is 25.4. The molecule has 0 bridgehead atoms. The van der Waals surface area contributed by atoms with Crippen molar-refractivity contribution in [3.05, 3.63) is 127 Å². The second-order valence-corrected chi connectivity index (χ2v) is 11.6. The predicted octanol–water partition coefficient (Wildman–Crippen LogP) is 9.34. The van der Waals surface area contributed by atoms with Crippen LogP contribution in [0, 0.1) is 12.8 Å². The van der Waals surface area contributed by atoms with Gasteiger partial charge in [0.25, 0.3) is 0 Å². The quantitative estimate of drug-likeness (QED) is 0.180. The number of aromatic nitrogens is 4. The van der Waals surface area contributed by atoms with Gasteiger partial charge in [0, 0.05) is 46.9 Å². The van der Waals surface area contributed by atoms with E-state index in [0.29, 0.717) is 5.92 Å². The van der Waals surface area contributed by atoms with Crippen molar-refractivity contribution in [1.29, 1.82) is 0 Å². The first-order valence-electron chi connectivity index (χ1n) is 14.9. The minimum atomic E-state index is 0.576. The molecule has 6 heteroatoms. The maximum atomic E-state index is 6.45. The Hall–Kier alpha value is -5.36. The van der Waals surface area contributed by atoms with Crippen molar-refractivity contribution >= 4 is 21.8 Å². The maximum Gasteiger partial charge on any atom is 0.141 e. The molecule has 0 aliphatic carbocycles. The van der Waals surface area contributed by atoms with Crippen LogP contribution in [0.2, 0.25) is 0 Å². The average molecular weight is 579 g/mol. The van der Waals surface area contributed by atoms with Crippen LogP contribution in [0.25, 0.3) is 44.4 Å². The summed E-state index contributed by atoms with van der Waals surface area (Å²) in [5, 5.41) is 7.02. The highest BCUT2D eigenvalue weighted by Gasteiger charge is 2.16. The molecule has 0 aliphatic heterocycles. The number of ether oxygens (including phenoxy) is 2. The summed E-state index contributed by atoms with van der Waals surface area (Å²) in [5.41, 5.74) is 8.02. The Bertz CT molecular complexity index is 2120. The first kappa shape index (κ1) is 27.5. The van der Waals surface area contributed by atoms with Gasteiger partial charge in [-0.15, -0.1) is 0 Å². The second-order valence-electron chi connectivity index (χ2n) is 11.6. The lowest BCUT2D eigenvalue weighted by atomic mass is 9.92. The molecule has 3 aromatic heterocycles. The molecule has 7 rings (SSSR count). The molecule has 4 aromatic carbocycles. The molecule has 0 fully saturated rings. The summed E-state index contributed by atoms with van der Waals surface area (Å²) in [6.45, 7) is 6.69. The van der Waals surface area contributed by atoms with Crippen LogP contribution < -0.4 is 9.47 Å². The molecule has 0 amide bonds. The number of hydrogen-bond acceptors (Lipinski definition) is 4. The Balaban J connectivity index is 1.23. The van der Waals surface area contributed by atoms with Crippen LogP contribution in [0.4, 0.5) is 0 Å². The SMILES string of the molecule is COc1ccnc(-n2c3ccccc3c3ccc(Oc4cccc(-n5cc(-c6c(C)cccc6CC(C)C)cn5)c4)cc32)c1. The summed E-state index contributed by atoms with van der Waals surface area (Å²) in [6, 6.07) is 33.0. The van der Waals surface area contributed by atoms with Crippen LogP contribution in [0.1, 0.15) is 25.0 Å². The standard InChI is InChI=1S/C38H34N4O2/c1-25(2)19-27-10-7-9-26(3)38(27)28-23-40-41(24-28)29-11-8-12-31(20-29)44-32-15-16-34-33-13-5-6-14-35(33)42(36(34)21-32)37-22-30(43-4)17-18-39-37/h5-18,20-25H,19H2,1-4H3. The monoisotopic (exact) mass is 578 g/mol. The van der Waals surface area contributed by atoms with Crippen molar-refractivity contribution in [2.45, 2.75) is 27.2 Å². The van der Waals surface area contributed by atoms with Gasteiger partial charge in [0.2, 0.25) is 0 Å². The first-order chi connectivity index (χ1) is 21.5. The highest BCUT2D eigenvalue weighted by molar-refractivity contribution is 6.09. The molecule has 0 aliphatic rings. The lowest BCUT2D eigenvalue weighted by Gasteiger charge is -2.13. The largest absolute Gasteiger partial charge is 0.497 e. The van der Waals surface area contributed by atoms with E-state index in [-0.39, 0.29) is 0 Å². The number of fused-ring (bicyclic) bond motifs is 3. The van der Waals surface area contributed by atoms with E-state index in [9.17, 15) is 0 Å². The molecule has 7 aromatic rings. The van der Waals surface area contributed by atoms with E-state index < -0.39 is 0 Å². The van der Waals surface area contributed by atoms with Crippen molar-refractivity contribution < 1.29 is 9.47 Å². The van der Waals surface area contributed by atoms with Gasteiger partial charge in [0.05, 0.1) is 30.0 Å². The molecule has 0 atom stereocenters. The maximum absolute atomic E-state index is 6.45. The van der Waals surface area contributed by atoms with Gasteiger partial charge in [-0.05, 0) is 72.4 Å². The van der Waals surface area contributed by atoms with Crippen molar-refractivity contribution in [2.24, 2.45) is 5.92 Å². The fraction of sp³-hybridized carbons (Fsp3) is 0.158. The number of methoxy groups -OCH3 is 1. The van der Waals surface area contributed by atoms with Crippen LogP contribution in [-0.2, 0) is 6.42 Å². The third kappa shape index (κ3) is 5.09.